The van der Waals surface area contributed by atoms with E-state index in [9.17, 15) is 4.79 Å². The van der Waals surface area contributed by atoms with Crippen molar-refractivity contribution in [1.29, 1.82) is 0 Å². The van der Waals surface area contributed by atoms with Crippen LogP contribution in [-0.2, 0) is 17.9 Å². The zero-order valence-electron chi connectivity index (χ0n) is 15.2. The first-order valence-electron chi connectivity index (χ1n) is 8.70. The van der Waals surface area contributed by atoms with E-state index in [-0.39, 0.29) is 11.9 Å². The van der Waals surface area contributed by atoms with Gasteiger partial charge in [-0.15, -0.1) is 0 Å². The monoisotopic (exact) mass is 342 g/mol. The minimum atomic E-state index is -0.0492. The largest absolute Gasteiger partial charge is 0.375 e. The molecule has 134 valence electrons. The number of rotatable bonds is 6. The highest BCUT2D eigenvalue weighted by molar-refractivity contribution is 5.91. The van der Waals surface area contributed by atoms with Crippen molar-refractivity contribution in [3.8, 4) is 0 Å². The molecule has 1 aliphatic rings. The van der Waals surface area contributed by atoms with Crippen LogP contribution in [0.3, 0.4) is 0 Å². The Balaban J connectivity index is 1.54. The topological polar surface area (TPSA) is 50.6 Å². The van der Waals surface area contributed by atoms with E-state index in [1.807, 2.05) is 24.4 Å². The molecule has 0 saturated heterocycles. The van der Waals surface area contributed by atoms with Gasteiger partial charge in [0.25, 0.3) is 5.91 Å². The first-order chi connectivity index (χ1) is 12.1. The first kappa shape index (κ1) is 17.6. The zero-order valence-corrected chi connectivity index (χ0v) is 15.2. The predicted octanol–water partition coefficient (Wildman–Crippen LogP) is 2.18. The third kappa shape index (κ3) is 4.08. The molecule has 0 spiro atoms. The molecule has 1 atom stereocenters. The smallest absolute Gasteiger partial charge is 0.273 e. The fourth-order valence-electron chi connectivity index (χ4n) is 3.12. The molecule has 0 unspecified atom stereocenters. The molecule has 25 heavy (non-hydrogen) atoms. The van der Waals surface area contributed by atoms with E-state index in [1.165, 1.54) is 5.56 Å². The number of carbonyl (C=O) groups is 1. The van der Waals surface area contributed by atoms with Crippen LogP contribution >= 0.6 is 0 Å². The summed E-state index contributed by atoms with van der Waals surface area (Å²) in [6.45, 7) is 6.11. The second-order valence-electron chi connectivity index (χ2n) is 6.63. The highest BCUT2D eigenvalue weighted by Crippen LogP contribution is 2.24. The van der Waals surface area contributed by atoms with E-state index in [2.05, 4.69) is 33.5 Å². The second kappa shape index (κ2) is 7.80. The summed E-state index contributed by atoms with van der Waals surface area (Å²) in [6, 6.07) is 10.4. The summed E-state index contributed by atoms with van der Waals surface area (Å²) in [7, 11) is 3.50. The van der Waals surface area contributed by atoms with E-state index < -0.39 is 0 Å². The van der Waals surface area contributed by atoms with Crippen LogP contribution < -0.4 is 0 Å². The number of nitrogens with zero attached hydrogens (tertiary/aromatic N) is 4. The van der Waals surface area contributed by atoms with Gasteiger partial charge in [-0.2, -0.15) is 0 Å². The van der Waals surface area contributed by atoms with Gasteiger partial charge in [0.1, 0.15) is 11.5 Å². The summed E-state index contributed by atoms with van der Waals surface area (Å²) >= 11 is 0. The number of ether oxygens (including phenoxy) is 1. The van der Waals surface area contributed by atoms with E-state index in [1.54, 1.807) is 19.0 Å². The number of benzene rings is 1. The Morgan fingerprint density at radius 1 is 1.28 bits per heavy atom. The molecule has 0 saturated carbocycles. The van der Waals surface area contributed by atoms with Gasteiger partial charge in [0.05, 0.1) is 19.3 Å². The standard InChI is InChI=1S/C19H26N4O2/c1-15-18-20-17(19(24)21(2)3)13-23(18)10-9-22(15)11-12-25-14-16-7-5-4-6-8-16/h4-8,13,15H,9-12,14H2,1-3H3/t15-/m0/s1. The van der Waals surface area contributed by atoms with Gasteiger partial charge in [-0.3, -0.25) is 9.69 Å². The maximum absolute atomic E-state index is 12.1. The Hall–Kier alpha value is -2.18. The minimum absolute atomic E-state index is 0.0492. The number of imidazole rings is 1. The van der Waals surface area contributed by atoms with E-state index in [0.29, 0.717) is 18.9 Å². The fourth-order valence-corrected chi connectivity index (χ4v) is 3.12. The lowest BCUT2D eigenvalue weighted by molar-refractivity contribution is 0.0690. The van der Waals surface area contributed by atoms with Gasteiger partial charge in [0.15, 0.2) is 0 Å². The van der Waals surface area contributed by atoms with E-state index in [0.717, 1.165) is 25.5 Å². The quantitative estimate of drug-likeness (QED) is 0.755. The lowest BCUT2D eigenvalue weighted by Gasteiger charge is -2.33. The van der Waals surface area contributed by atoms with Crippen molar-refractivity contribution in [2.75, 3.05) is 33.8 Å². The van der Waals surface area contributed by atoms with Crippen molar-refractivity contribution in [1.82, 2.24) is 19.4 Å². The first-order valence-corrected chi connectivity index (χ1v) is 8.70. The molecule has 0 radical (unpaired) electrons. The SMILES string of the molecule is C[C@H]1c2nc(C(=O)N(C)C)cn2CCN1CCOCc1ccccc1. The molecule has 1 aromatic heterocycles. The Morgan fingerprint density at radius 2 is 2.04 bits per heavy atom. The number of aromatic nitrogens is 2. The number of fused-ring (bicyclic) bond motifs is 1. The van der Waals surface area contributed by atoms with Gasteiger partial charge in [-0.1, -0.05) is 30.3 Å². The summed E-state index contributed by atoms with van der Waals surface area (Å²) in [4.78, 5) is 20.6. The molecule has 1 amide bonds. The highest BCUT2D eigenvalue weighted by Gasteiger charge is 2.27. The summed E-state index contributed by atoms with van der Waals surface area (Å²) in [5, 5.41) is 0. The van der Waals surface area contributed by atoms with Crippen LogP contribution in [0.2, 0.25) is 0 Å². The molecule has 6 nitrogen and oxygen atoms in total. The van der Waals surface area contributed by atoms with Crippen molar-refractivity contribution in [2.45, 2.75) is 26.1 Å². The van der Waals surface area contributed by atoms with Crippen molar-refractivity contribution in [3.63, 3.8) is 0 Å². The van der Waals surface area contributed by atoms with Crippen LogP contribution in [0, 0.1) is 0 Å². The molecule has 1 aliphatic heterocycles. The van der Waals surface area contributed by atoms with Crippen LogP contribution in [0.25, 0.3) is 0 Å². The molecular weight excluding hydrogens is 316 g/mol. The number of carbonyl (C=O) groups excluding carboxylic acids is 1. The van der Waals surface area contributed by atoms with Crippen molar-refractivity contribution in [3.05, 3.63) is 53.6 Å². The molecule has 2 aromatic rings. The third-order valence-corrected chi connectivity index (χ3v) is 4.62. The van der Waals surface area contributed by atoms with Gasteiger partial charge in [0, 0.05) is 39.9 Å². The summed E-state index contributed by atoms with van der Waals surface area (Å²) < 4.78 is 7.90. The van der Waals surface area contributed by atoms with E-state index in [4.69, 9.17) is 4.74 Å². The van der Waals surface area contributed by atoms with Gasteiger partial charge in [0.2, 0.25) is 0 Å². The molecule has 0 fully saturated rings. The van der Waals surface area contributed by atoms with Gasteiger partial charge >= 0.3 is 0 Å². The molecule has 6 heteroatoms. The zero-order chi connectivity index (χ0) is 17.8. The van der Waals surface area contributed by atoms with Crippen LogP contribution in [0.1, 0.15) is 34.8 Å². The normalized spacial score (nSPS) is 17.3. The van der Waals surface area contributed by atoms with Gasteiger partial charge in [-0.05, 0) is 12.5 Å². The third-order valence-electron chi connectivity index (χ3n) is 4.62. The van der Waals surface area contributed by atoms with Crippen LogP contribution in [0.5, 0.6) is 0 Å². The summed E-state index contributed by atoms with van der Waals surface area (Å²) in [5.41, 5.74) is 1.71. The summed E-state index contributed by atoms with van der Waals surface area (Å²) in [5.74, 6) is 0.909. The average Bonchev–Trinajstić information content (AvgIpc) is 3.05. The lowest BCUT2D eigenvalue weighted by Crippen LogP contribution is -2.38. The number of hydrogen-bond acceptors (Lipinski definition) is 4. The van der Waals surface area contributed by atoms with Crippen molar-refractivity contribution < 1.29 is 9.53 Å². The fraction of sp³-hybridized carbons (Fsp3) is 0.474. The molecule has 2 heterocycles. The molecule has 0 aliphatic carbocycles. The second-order valence-corrected chi connectivity index (χ2v) is 6.63. The lowest BCUT2D eigenvalue weighted by atomic mass is 10.2. The predicted molar refractivity (Wildman–Crippen MR) is 96.3 cm³/mol. The molecule has 3 rings (SSSR count). The van der Waals surface area contributed by atoms with Crippen LogP contribution in [0.15, 0.2) is 36.5 Å². The molecule has 0 bridgehead atoms. The van der Waals surface area contributed by atoms with Crippen LogP contribution in [0.4, 0.5) is 0 Å². The Labute approximate surface area is 149 Å². The molecule has 1 aromatic carbocycles. The summed E-state index contributed by atoms with van der Waals surface area (Å²) in [6.07, 6.45) is 1.87. The number of hydrogen-bond donors (Lipinski definition) is 0. The highest BCUT2D eigenvalue weighted by atomic mass is 16.5. The van der Waals surface area contributed by atoms with Gasteiger partial charge < -0.3 is 14.2 Å². The minimum Gasteiger partial charge on any atom is -0.375 e. The average molecular weight is 342 g/mol. The Kier molecular flexibility index (Phi) is 5.50. The van der Waals surface area contributed by atoms with Crippen molar-refractivity contribution in [2.24, 2.45) is 0 Å². The Morgan fingerprint density at radius 3 is 2.76 bits per heavy atom. The van der Waals surface area contributed by atoms with E-state index >= 15 is 0 Å². The van der Waals surface area contributed by atoms with Gasteiger partial charge in [-0.25, -0.2) is 4.98 Å². The maximum atomic E-state index is 12.1. The number of amides is 1. The maximum Gasteiger partial charge on any atom is 0.273 e. The molecule has 0 N–H and O–H groups in total. The molecular formula is C19H26N4O2. The Bertz CT molecular complexity index is 711. The van der Waals surface area contributed by atoms with Crippen LogP contribution in [-0.4, -0.2) is 59.0 Å². The van der Waals surface area contributed by atoms with Crippen molar-refractivity contribution >= 4 is 5.91 Å².